The summed E-state index contributed by atoms with van der Waals surface area (Å²) in [6, 6.07) is 26.5. The molecule has 0 saturated heterocycles. The molecule has 0 aliphatic carbocycles. The number of nitrogens with zero attached hydrogens (tertiary/aromatic N) is 1. The summed E-state index contributed by atoms with van der Waals surface area (Å²) >= 11 is 0. The molecule has 0 aromatic heterocycles. The second-order valence-corrected chi connectivity index (χ2v) is 6.49. The van der Waals surface area contributed by atoms with Crippen LogP contribution in [0.3, 0.4) is 0 Å². The SMILES string of the molecule is CC(c1ccccc1)N(Cc1ccccc1O)C(=O)NCc1ccccc1. The Morgan fingerprint density at radius 1 is 0.926 bits per heavy atom. The lowest BCUT2D eigenvalue weighted by Crippen LogP contribution is -2.40. The van der Waals surface area contributed by atoms with E-state index in [2.05, 4.69) is 5.32 Å². The normalized spacial score (nSPS) is 11.6. The van der Waals surface area contributed by atoms with E-state index in [0.29, 0.717) is 13.1 Å². The minimum atomic E-state index is -0.168. The molecule has 4 heteroatoms. The number of phenolic OH excluding ortho intramolecular Hbond substituents is 1. The number of amides is 2. The third-order valence-electron chi connectivity index (χ3n) is 4.63. The number of aromatic hydroxyl groups is 1. The number of phenols is 1. The van der Waals surface area contributed by atoms with Gasteiger partial charge in [-0.2, -0.15) is 0 Å². The third-order valence-corrected chi connectivity index (χ3v) is 4.63. The molecule has 27 heavy (non-hydrogen) atoms. The van der Waals surface area contributed by atoms with Crippen molar-refractivity contribution < 1.29 is 9.90 Å². The predicted octanol–water partition coefficient (Wildman–Crippen LogP) is 4.87. The van der Waals surface area contributed by atoms with Crippen LogP contribution in [0.1, 0.15) is 29.7 Å². The van der Waals surface area contributed by atoms with Gasteiger partial charge in [-0.3, -0.25) is 0 Å². The van der Waals surface area contributed by atoms with Crippen molar-refractivity contribution in [2.45, 2.75) is 26.1 Å². The van der Waals surface area contributed by atoms with Crippen LogP contribution in [-0.2, 0) is 13.1 Å². The Labute approximate surface area is 160 Å². The van der Waals surface area contributed by atoms with Crippen molar-refractivity contribution in [3.05, 3.63) is 102 Å². The molecule has 0 fully saturated rings. The lowest BCUT2D eigenvalue weighted by molar-refractivity contribution is 0.174. The van der Waals surface area contributed by atoms with E-state index >= 15 is 0 Å². The highest BCUT2D eigenvalue weighted by molar-refractivity contribution is 5.75. The van der Waals surface area contributed by atoms with Crippen molar-refractivity contribution in [2.24, 2.45) is 0 Å². The van der Waals surface area contributed by atoms with E-state index < -0.39 is 0 Å². The number of nitrogens with one attached hydrogen (secondary N) is 1. The van der Waals surface area contributed by atoms with Crippen LogP contribution in [0, 0.1) is 0 Å². The molecule has 0 heterocycles. The minimum absolute atomic E-state index is 0.137. The van der Waals surface area contributed by atoms with Crippen LogP contribution in [0.2, 0.25) is 0 Å². The number of para-hydroxylation sites is 1. The molecular weight excluding hydrogens is 336 g/mol. The van der Waals surface area contributed by atoms with Crippen LogP contribution in [0.4, 0.5) is 4.79 Å². The molecule has 138 valence electrons. The Bertz CT molecular complexity index is 866. The molecule has 3 aromatic rings. The Morgan fingerprint density at radius 2 is 1.52 bits per heavy atom. The maximum atomic E-state index is 13.0. The smallest absolute Gasteiger partial charge is 0.318 e. The second-order valence-electron chi connectivity index (χ2n) is 6.49. The number of rotatable bonds is 6. The predicted molar refractivity (Wildman–Crippen MR) is 107 cm³/mol. The zero-order valence-electron chi connectivity index (χ0n) is 15.4. The fourth-order valence-electron chi connectivity index (χ4n) is 3.00. The first-order chi connectivity index (χ1) is 13.1. The average Bonchev–Trinajstić information content (AvgIpc) is 2.72. The number of hydrogen-bond acceptors (Lipinski definition) is 2. The summed E-state index contributed by atoms with van der Waals surface area (Å²) in [5, 5.41) is 13.1. The summed E-state index contributed by atoms with van der Waals surface area (Å²) in [7, 11) is 0. The molecule has 0 spiro atoms. The largest absolute Gasteiger partial charge is 0.508 e. The van der Waals surface area contributed by atoms with Gasteiger partial charge >= 0.3 is 6.03 Å². The highest BCUT2D eigenvalue weighted by atomic mass is 16.3. The maximum Gasteiger partial charge on any atom is 0.318 e. The fraction of sp³-hybridized carbons (Fsp3) is 0.174. The monoisotopic (exact) mass is 360 g/mol. The first-order valence-corrected chi connectivity index (χ1v) is 9.05. The van der Waals surface area contributed by atoms with Crippen molar-refractivity contribution in [2.75, 3.05) is 0 Å². The Kier molecular flexibility index (Phi) is 6.10. The Morgan fingerprint density at radius 3 is 2.19 bits per heavy atom. The number of carbonyl (C=O) groups is 1. The van der Waals surface area contributed by atoms with Crippen LogP contribution >= 0.6 is 0 Å². The van der Waals surface area contributed by atoms with E-state index in [1.807, 2.05) is 79.7 Å². The van der Waals surface area contributed by atoms with Gasteiger partial charge in [-0.1, -0.05) is 78.9 Å². The van der Waals surface area contributed by atoms with Gasteiger partial charge in [0.05, 0.1) is 12.6 Å². The number of carbonyl (C=O) groups excluding carboxylic acids is 1. The van der Waals surface area contributed by atoms with Crippen LogP contribution in [0.25, 0.3) is 0 Å². The number of benzene rings is 3. The van der Waals surface area contributed by atoms with Gasteiger partial charge in [0.2, 0.25) is 0 Å². The van der Waals surface area contributed by atoms with Crippen molar-refractivity contribution >= 4 is 6.03 Å². The van der Waals surface area contributed by atoms with Gasteiger partial charge in [-0.15, -0.1) is 0 Å². The fourth-order valence-corrected chi connectivity index (χ4v) is 3.00. The Balaban J connectivity index is 1.80. The van der Waals surface area contributed by atoms with Crippen molar-refractivity contribution in [1.29, 1.82) is 0 Å². The molecule has 2 N–H and O–H groups in total. The van der Waals surface area contributed by atoms with Crippen LogP contribution in [0.15, 0.2) is 84.9 Å². The summed E-state index contributed by atoms with van der Waals surface area (Å²) in [4.78, 5) is 14.7. The van der Waals surface area contributed by atoms with Crippen molar-refractivity contribution in [3.63, 3.8) is 0 Å². The third kappa shape index (κ3) is 4.88. The first-order valence-electron chi connectivity index (χ1n) is 9.05. The molecule has 0 aliphatic rings. The maximum absolute atomic E-state index is 13.0. The Hall–Kier alpha value is -3.27. The zero-order chi connectivity index (χ0) is 19.1. The molecule has 4 nitrogen and oxygen atoms in total. The van der Waals surface area contributed by atoms with E-state index in [4.69, 9.17) is 0 Å². The van der Waals surface area contributed by atoms with Gasteiger partial charge in [0.15, 0.2) is 0 Å². The first kappa shape index (κ1) is 18.5. The topological polar surface area (TPSA) is 52.6 Å². The van der Waals surface area contributed by atoms with Gasteiger partial charge in [0.1, 0.15) is 5.75 Å². The van der Waals surface area contributed by atoms with E-state index in [0.717, 1.165) is 16.7 Å². The molecule has 1 atom stereocenters. The zero-order valence-corrected chi connectivity index (χ0v) is 15.4. The van der Waals surface area contributed by atoms with Crippen LogP contribution in [0.5, 0.6) is 5.75 Å². The lowest BCUT2D eigenvalue weighted by atomic mass is 10.1. The van der Waals surface area contributed by atoms with Crippen LogP contribution in [-0.4, -0.2) is 16.0 Å². The summed E-state index contributed by atoms with van der Waals surface area (Å²) in [6.07, 6.45) is 0. The second kappa shape index (κ2) is 8.90. The number of urea groups is 1. The molecule has 0 bridgehead atoms. The molecule has 1 unspecified atom stereocenters. The highest BCUT2D eigenvalue weighted by Gasteiger charge is 2.22. The summed E-state index contributed by atoms with van der Waals surface area (Å²) in [5.74, 6) is 0.193. The van der Waals surface area contributed by atoms with E-state index in [-0.39, 0.29) is 17.8 Å². The van der Waals surface area contributed by atoms with Crippen molar-refractivity contribution in [3.8, 4) is 5.75 Å². The van der Waals surface area contributed by atoms with E-state index in [9.17, 15) is 9.90 Å². The summed E-state index contributed by atoms with van der Waals surface area (Å²) in [5.41, 5.74) is 2.80. The van der Waals surface area contributed by atoms with E-state index in [1.54, 1.807) is 17.0 Å². The van der Waals surface area contributed by atoms with Gasteiger partial charge < -0.3 is 15.3 Å². The molecular formula is C23H24N2O2. The summed E-state index contributed by atoms with van der Waals surface area (Å²) in [6.45, 7) is 2.78. The van der Waals surface area contributed by atoms with Crippen LogP contribution < -0.4 is 5.32 Å². The molecule has 0 saturated carbocycles. The standard InChI is InChI=1S/C23H24N2O2/c1-18(20-12-6-3-7-13-20)25(17-21-14-8-9-15-22(21)26)23(27)24-16-19-10-4-2-5-11-19/h2-15,18,26H,16-17H2,1H3,(H,24,27). The number of hydrogen-bond donors (Lipinski definition) is 2. The van der Waals surface area contributed by atoms with Gasteiger partial charge in [0, 0.05) is 12.1 Å². The molecule has 0 radical (unpaired) electrons. The highest BCUT2D eigenvalue weighted by Crippen LogP contribution is 2.25. The molecule has 0 aliphatic heterocycles. The van der Waals surface area contributed by atoms with Gasteiger partial charge in [0.25, 0.3) is 0 Å². The molecule has 3 aromatic carbocycles. The molecule has 3 rings (SSSR count). The van der Waals surface area contributed by atoms with Gasteiger partial charge in [-0.05, 0) is 24.1 Å². The van der Waals surface area contributed by atoms with Crippen molar-refractivity contribution in [1.82, 2.24) is 10.2 Å². The lowest BCUT2D eigenvalue weighted by Gasteiger charge is -2.30. The summed E-state index contributed by atoms with van der Waals surface area (Å²) < 4.78 is 0. The molecule has 2 amide bonds. The van der Waals surface area contributed by atoms with E-state index in [1.165, 1.54) is 0 Å². The average molecular weight is 360 g/mol. The minimum Gasteiger partial charge on any atom is -0.508 e. The van der Waals surface area contributed by atoms with Gasteiger partial charge in [-0.25, -0.2) is 4.79 Å². The quantitative estimate of drug-likeness (QED) is 0.659.